The second-order valence-electron chi connectivity index (χ2n) is 7.88. The van der Waals surface area contributed by atoms with E-state index >= 15 is 0 Å². The molecule has 0 spiro atoms. The number of carbonyl (C=O) groups is 1. The molecule has 1 amide bonds. The molecule has 2 aromatic carbocycles. The van der Waals surface area contributed by atoms with Gasteiger partial charge in [-0.3, -0.25) is 19.8 Å². The maximum absolute atomic E-state index is 13.2. The van der Waals surface area contributed by atoms with E-state index in [-0.39, 0.29) is 22.3 Å². The summed E-state index contributed by atoms with van der Waals surface area (Å²) in [6.07, 6.45) is 2.17. The molecule has 4 rings (SSSR count). The van der Waals surface area contributed by atoms with Gasteiger partial charge in [0.1, 0.15) is 11.5 Å². The van der Waals surface area contributed by atoms with Crippen LogP contribution >= 0.6 is 0 Å². The second kappa shape index (κ2) is 8.79. The van der Waals surface area contributed by atoms with Crippen LogP contribution < -0.4 is 4.90 Å². The molecule has 0 radical (unpaired) electrons. The Morgan fingerprint density at radius 2 is 1.73 bits per heavy atom. The first-order valence-electron chi connectivity index (χ1n) is 10.3. The van der Waals surface area contributed by atoms with Crippen LogP contribution in [0, 0.1) is 15.9 Å². The number of piperazine rings is 1. The number of carbonyl (C=O) groups excluding carboxylic acids is 1. The molecule has 1 aliphatic carbocycles. The van der Waals surface area contributed by atoms with E-state index in [1.165, 1.54) is 18.2 Å². The third-order valence-corrected chi connectivity index (χ3v) is 5.75. The van der Waals surface area contributed by atoms with E-state index in [0.29, 0.717) is 51.0 Å². The third kappa shape index (κ3) is 4.76. The summed E-state index contributed by atoms with van der Waals surface area (Å²) >= 11 is 0. The van der Waals surface area contributed by atoms with Crippen molar-refractivity contribution in [2.45, 2.75) is 25.4 Å². The Bertz CT molecular complexity index is 909. The van der Waals surface area contributed by atoms with Crippen molar-refractivity contribution in [3.05, 3.63) is 70.0 Å². The number of nitro groups is 1. The van der Waals surface area contributed by atoms with Crippen LogP contribution in [-0.4, -0.2) is 59.4 Å². The van der Waals surface area contributed by atoms with Crippen LogP contribution in [0.2, 0.25) is 0 Å². The molecule has 1 saturated carbocycles. The van der Waals surface area contributed by atoms with Crippen LogP contribution in [-0.2, 0) is 11.3 Å². The SMILES string of the molecule is O=C(CN(Cc1ccc(F)cc1)C1CC1)N1CCN(c2ccccc2[N+](=O)[O-])CC1. The molecule has 0 unspecified atom stereocenters. The molecule has 30 heavy (non-hydrogen) atoms. The zero-order valence-corrected chi connectivity index (χ0v) is 16.7. The molecule has 0 bridgehead atoms. The van der Waals surface area contributed by atoms with Crippen molar-refractivity contribution in [2.24, 2.45) is 0 Å². The summed E-state index contributed by atoms with van der Waals surface area (Å²) in [5.41, 5.74) is 1.69. The zero-order chi connectivity index (χ0) is 21.1. The van der Waals surface area contributed by atoms with Crippen molar-refractivity contribution in [2.75, 3.05) is 37.6 Å². The summed E-state index contributed by atoms with van der Waals surface area (Å²) in [6, 6.07) is 13.6. The normalized spacial score (nSPS) is 16.7. The number of anilines is 1. The predicted molar refractivity (Wildman–Crippen MR) is 112 cm³/mol. The van der Waals surface area contributed by atoms with Crippen LogP contribution in [0.15, 0.2) is 48.5 Å². The highest BCUT2D eigenvalue weighted by Crippen LogP contribution is 2.30. The van der Waals surface area contributed by atoms with Crippen LogP contribution in [0.5, 0.6) is 0 Å². The number of rotatable bonds is 7. The average Bonchev–Trinajstić information content (AvgIpc) is 3.60. The van der Waals surface area contributed by atoms with Gasteiger partial charge >= 0.3 is 0 Å². The van der Waals surface area contributed by atoms with Gasteiger partial charge in [-0.1, -0.05) is 24.3 Å². The lowest BCUT2D eigenvalue weighted by molar-refractivity contribution is -0.384. The highest BCUT2D eigenvalue weighted by Gasteiger charge is 2.32. The Morgan fingerprint density at radius 3 is 2.37 bits per heavy atom. The summed E-state index contributed by atoms with van der Waals surface area (Å²) in [5, 5.41) is 11.3. The van der Waals surface area contributed by atoms with Crippen molar-refractivity contribution in [3.8, 4) is 0 Å². The van der Waals surface area contributed by atoms with Crippen molar-refractivity contribution in [1.29, 1.82) is 0 Å². The molecule has 0 N–H and O–H groups in total. The lowest BCUT2D eigenvalue weighted by Gasteiger charge is -2.36. The molecule has 2 aromatic rings. The van der Waals surface area contributed by atoms with E-state index in [1.54, 1.807) is 30.3 Å². The Kier molecular flexibility index (Phi) is 5.94. The molecule has 1 aliphatic heterocycles. The topological polar surface area (TPSA) is 69.9 Å². The first kappa shape index (κ1) is 20.3. The Labute approximate surface area is 174 Å². The van der Waals surface area contributed by atoms with E-state index in [0.717, 1.165) is 18.4 Å². The molecule has 2 aliphatic rings. The fourth-order valence-corrected chi connectivity index (χ4v) is 3.93. The zero-order valence-electron chi connectivity index (χ0n) is 16.7. The van der Waals surface area contributed by atoms with Crippen LogP contribution in [0.3, 0.4) is 0 Å². The van der Waals surface area contributed by atoms with E-state index < -0.39 is 0 Å². The van der Waals surface area contributed by atoms with Gasteiger partial charge < -0.3 is 9.80 Å². The predicted octanol–water partition coefficient (Wildman–Crippen LogP) is 3.05. The largest absolute Gasteiger partial charge is 0.362 e. The number of amides is 1. The molecule has 0 atom stereocenters. The van der Waals surface area contributed by atoms with Crippen molar-refractivity contribution in [3.63, 3.8) is 0 Å². The van der Waals surface area contributed by atoms with Crippen LogP contribution in [0.4, 0.5) is 15.8 Å². The first-order chi connectivity index (χ1) is 14.5. The number of benzene rings is 2. The average molecular weight is 412 g/mol. The Morgan fingerprint density at radius 1 is 1.07 bits per heavy atom. The number of hydrogen-bond acceptors (Lipinski definition) is 5. The summed E-state index contributed by atoms with van der Waals surface area (Å²) in [7, 11) is 0. The molecular weight excluding hydrogens is 387 g/mol. The smallest absolute Gasteiger partial charge is 0.292 e. The standard InChI is InChI=1S/C22H25FN4O3/c23-18-7-5-17(6-8-18)15-26(19-9-10-19)16-22(28)25-13-11-24(12-14-25)20-3-1-2-4-21(20)27(29)30/h1-8,19H,9-16H2. The second-order valence-corrected chi connectivity index (χ2v) is 7.88. The Hall–Kier alpha value is -3.00. The van der Waals surface area contributed by atoms with Gasteiger partial charge in [-0.2, -0.15) is 0 Å². The number of halogens is 1. The summed E-state index contributed by atoms with van der Waals surface area (Å²) in [6.45, 7) is 3.19. The van der Waals surface area contributed by atoms with Crippen LogP contribution in [0.25, 0.3) is 0 Å². The Balaban J connectivity index is 1.34. The minimum atomic E-state index is -0.365. The van der Waals surface area contributed by atoms with Gasteiger partial charge in [0.25, 0.3) is 5.69 Å². The highest BCUT2D eigenvalue weighted by atomic mass is 19.1. The monoisotopic (exact) mass is 412 g/mol. The first-order valence-corrected chi connectivity index (χ1v) is 10.3. The van der Waals surface area contributed by atoms with Gasteiger partial charge in [-0.15, -0.1) is 0 Å². The molecule has 0 aromatic heterocycles. The maximum Gasteiger partial charge on any atom is 0.292 e. The highest BCUT2D eigenvalue weighted by molar-refractivity contribution is 5.79. The summed E-state index contributed by atoms with van der Waals surface area (Å²) in [4.78, 5) is 29.8. The lowest BCUT2D eigenvalue weighted by Crippen LogP contribution is -2.51. The van der Waals surface area contributed by atoms with Gasteiger partial charge in [0.05, 0.1) is 11.5 Å². The molecular formula is C22H25FN4O3. The molecule has 1 heterocycles. The minimum absolute atomic E-state index is 0.0752. The van der Waals surface area contributed by atoms with E-state index in [1.807, 2.05) is 9.80 Å². The third-order valence-electron chi connectivity index (χ3n) is 5.75. The number of para-hydroxylation sites is 2. The molecule has 8 heteroatoms. The molecule has 7 nitrogen and oxygen atoms in total. The quantitative estimate of drug-likeness (QED) is 0.516. The molecule has 1 saturated heterocycles. The number of hydrogen-bond donors (Lipinski definition) is 0. The van der Waals surface area contributed by atoms with E-state index in [4.69, 9.17) is 0 Å². The van der Waals surface area contributed by atoms with Gasteiger partial charge in [0.15, 0.2) is 0 Å². The maximum atomic E-state index is 13.2. The minimum Gasteiger partial charge on any atom is -0.362 e. The molecule has 158 valence electrons. The van der Waals surface area contributed by atoms with Gasteiger partial charge in [-0.25, -0.2) is 4.39 Å². The van der Waals surface area contributed by atoms with Gasteiger partial charge in [0, 0.05) is 44.8 Å². The summed E-state index contributed by atoms with van der Waals surface area (Å²) in [5.74, 6) is -0.185. The van der Waals surface area contributed by atoms with Crippen LogP contribution in [0.1, 0.15) is 18.4 Å². The fourth-order valence-electron chi connectivity index (χ4n) is 3.93. The number of nitro benzene ring substituents is 1. The van der Waals surface area contributed by atoms with Crippen molar-refractivity contribution >= 4 is 17.3 Å². The van der Waals surface area contributed by atoms with Crippen molar-refractivity contribution in [1.82, 2.24) is 9.80 Å². The fraction of sp³-hybridized carbons (Fsp3) is 0.409. The lowest BCUT2D eigenvalue weighted by atomic mass is 10.2. The van der Waals surface area contributed by atoms with Gasteiger partial charge in [-0.05, 0) is 36.6 Å². The van der Waals surface area contributed by atoms with E-state index in [2.05, 4.69) is 4.90 Å². The summed E-state index contributed by atoms with van der Waals surface area (Å²) < 4.78 is 13.2. The van der Waals surface area contributed by atoms with Crippen molar-refractivity contribution < 1.29 is 14.1 Å². The van der Waals surface area contributed by atoms with E-state index in [9.17, 15) is 19.3 Å². The molecule has 2 fully saturated rings. The van der Waals surface area contributed by atoms with Gasteiger partial charge in [0.2, 0.25) is 5.91 Å². The number of nitrogens with zero attached hydrogens (tertiary/aromatic N) is 4.